The van der Waals surface area contributed by atoms with Gasteiger partial charge in [-0.2, -0.15) is 5.11 Å². The van der Waals surface area contributed by atoms with E-state index in [1.165, 1.54) is 24.0 Å². The van der Waals surface area contributed by atoms with Crippen LogP contribution >= 0.6 is 35.0 Å². The van der Waals surface area contributed by atoms with Crippen LogP contribution in [0.2, 0.25) is 5.02 Å². The van der Waals surface area contributed by atoms with Gasteiger partial charge in [0, 0.05) is 23.1 Å². The summed E-state index contributed by atoms with van der Waals surface area (Å²) in [4.78, 5) is 24.0. The van der Waals surface area contributed by atoms with Crippen molar-refractivity contribution in [2.24, 2.45) is 10.2 Å². The van der Waals surface area contributed by atoms with Gasteiger partial charge in [0.2, 0.25) is 0 Å². The van der Waals surface area contributed by atoms with Gasteiger partial charge in [0.15, 0.2) is 0 Å². The minimum absolute atomic E-state index is 0.142. The highest BCUT2D eigenvalue weighted by Crippen LogP contribution is 2.35. The molecule has 0 N–H and O–H groups in total. The molecule has 1 aromatic carbocycles. The van der Waals surface area contributed by atoms with Crippen LogP contribution in [0.3, 0.4) is 0 Å². The lowest BCUT2D eigenvalue weighted by molar-refractivity contribution is -0.148. The molecular formula is C22H26Cl2N2O3S. The van der Waals surface area contributed by atoms with E-state index in [1.807, 2.05) is 12.1 Å². The first kappa shape index (κ1) is 24.6. The second kappa shape index (κ2) is 10.1. The normalized spacial score (nSPS) is 17.0. The quantitative estimate of drug-likeness (QED) is 0.266. The van der Waals surface area contributed by atoms with Crippen LogP contribution in [-0.4, -0.2) is 28.6 Å². The van der Waals surface area contributed by atoms with E-state index in [1.54, 1.807) is 26.0 Å². The van der Waals surface area contributed by atoms with Crippen molar-refractivity contribution in [3.63, 3.8) is 0 Å². The number of benzene rings is 1. The van der Waals surface area contributed by atoms with Crippen molar-refractivity contribution in [2.45, 2.75) is 56.6 Å². The number of azo groups is 1. The lowest BCUT2D eigenvalue weighted by Gasteiger charge is -2.25. The van der Waals surface area contributed by atoms with Crippen molar-refractivity contribution in [2.75, 3.05) is 5.88 Å². The highest BCUT2D eigenvalue weighted by atomic mass is 35.5. The number of nitrogens with zero attached hydrogens (tertiary/aromatic N) is 2. The molecule has 1 unspecified atom stereocenters. The lowest BCUT2D eigenvalue weighted by Crippen LogP contribution is -2.28. The third kappa shape index (κ3) is 6.96. The Labute approximate surface area is 191 Å². The predicted octanol–water partition coefficient (Wildman–Crippen LogP) is 6.32. The number of halogens is 2. The summed E-state index contributed by atoms with van der Waals surface area (Å²) in [6.45, 7) is 9.80. The number of thioether (sulfide) groups is 1. The fourth-order valence-electron chi connectivity index (χ4n) is 2.73. The predicted molar refractivity (Wildman–Crippen MR) is 124 cm³/mol. The van der Waals surface area contributed by atoms with E-state index in [2.05, 4.69) is 31.0 Å². The molecule has 0 spiro atoms. The maximum Gasteiger partial charge on any atom is 0.331 e. The maximum absolute atomic E-state index is 12.1. The van der Waals surface area contributed by atoms with Crippen LogP contribution in [0.4, 0.5) is 0 Å². The molecule has 1 heterocycles. The number of amides is 1. The molecule has 0 aromatic heterocycles. The molecule has 0 radical (unpaired) electrons. The first-order chi connectivity index (χ1) is 13.9. The van der Waals surface area contributed by atoms with E-state index < -0.39 is 11.6 Å². The number of esters is 1. The van der Waals surface area contributed by atoms with Gasteiger partial charge in [0.25, 0.3) is 5.91 Å². The van der Waals surface area contributed by atoms with E-state index in [-0.39, 0.29) is 22.5 Å². The van der Waals surface area contributed by atoms with Crippen molar-refractivity contribution in [1.82, 2.24) is 0 Å². The van der Waals surface area contributed by atoms with Crippen LogP contribution in [0.15, 0.2) is 40.7 Å². The van der Waals surface area contributed by atoms with Gasteiger partial charge in [0.1, 0.15) is 10.9 Å². The first-order valence-electron chi connectivity index (χ1n) is 9.46. The Hall–Kier alpha value is -1.63. The smallest absolute Gasteiger partial charge is 0.331 e. The minimum Gasteiger partial charge on any atom is -0.455 e. The molecular weight excluding hydrogens is 443 g/mol. The summed E-state index contributed by atoms with van der Waals surface area (Å²) < 4.78 is 5.33. The molecule has 1 atom stereocenters. The number of hydrogen-bond donors (Lipinski definition) is 0. The number of alkyl halides is 1. The Morgan fingerprint density at radius 2 is 1.97 bits per heavy atom. The molecule has 1 aliphatic heterocycles. The number of ether oxygens (including phenoxy) is 1. The fraction of sp³-hybridized carbons (Fsp3) is 0.455. The van der Waals surface area contributed by atoms with E-state index >= 15 is 0 Å². The molecule has 1 amide bonds. The van der Waals surface area contributed by atoms with Crippen molar-refractivity contribution in [3.8, 4) is 0 Å². The van der Waals surface area contributed by atoms with E-state index in [9.17, 15) is 9.59 Å². The summed E-state index contributed by atoms with van der Waals surface area (Å²) in [5.41, 5.74) is 1.93. The van der Waals surface area contributed by atoms with E-state index in [0.717, 1.165) is 11.1 Å². The molecule has 162 valence electrons. The van der Waals surface area contributed by atoms with Gasteiger partial charge >= 0.3 is 5.97 Å². The highest BCUT2D eigenvalue weighted by Gasteiger charge is 2.23. The van der Waals surface area contributed by atoms with E-state index in [4.69, 9.17) is 27.9 Å². The molecule has 0 fully saturated rings. The number of rotatable bonds is 7. The van der Waals surface area contributed by atoms with Crippen LogP contribution < -0.4 is 0 Å². The Bertz CT molecular complexity index is 902. The zero-order valence-electron chi connectivity index (χ0n) is 17.7. The van der Waals surface area contributed by atoms with Gasteiger partial charge in [-0.1, -0.05) is 32.4 Å². The minimum atomic E-state index is -0.748. The molecule has 1 aliphatic rings. The zero-order valence-corrected chi connectivity index (χ0v) is 20.1. The molecule has 30 heavy (non-hydrogen) atoms. The molecule has 0 bridgehead atoms. The number of hydrogen-bond acceptors (Lipinski definition) is 5. The Balaban J connectivity index is 2.27. The second-order valence-electron chi connectivity index (χ2n) is 8.56. The summed E-state index contributed by atoms with van der Waals surface area (Å²) in [5.74, 6) is 0.0300. The topological polar surface area (TPSA) is 68.1 Å². The van der Waals surface area contributed by atoms with Crippen molar-refractivity contribution in [3.05, 3.63) is 52.2 Å². The van der Waals surface area contributed by atoms with Crippen LogP contribution in [0.5, 0.6) is 0 Å². The Morgan fingerprint density at radius 1 is 1.27 bits per heavy atom. The molecule has 2 rings (SSSR count). The summed E-state index contributed by atoms with van der Waals surface area (Å²) in [5, 5.41) is 7.39. The second-order valence-corrected chi connectivity index (χ2v) is 10.4. The summed E-state index contributed by atoms with van der Waals surface area (Å²) in [7, 11) is 0. The Kier molecular flexibility index (Phi) is 8.31. The first-order valence-corrected chi connectivity index (χ1v) is 11.4. The third-order valence-corrected chi connectivity index (χ3v) is 6.44. The van der Waals surface area contributed by atoms with Crippen LogP contribution in [0, 0.1) is 0 Å². The maximum atomic E-state index is 12.1. The average molecular weight is 469 g/mol. The zero-order chi connectivity index (χ0) is 22.5. The van der Waals surface area contributed by atoms with Gasteiger partial charge in [-0.3, -0.25) is 4.79 Å². The van der Waals surface area contributed by atoms with Crippen molar-refractivity contribution >= 4 is 52.9 Å². The summed E-state index contributed by atoms with van der Waals surface area (Å²) >= 11 is 13.8. The molecule has 0 saturated carbocycles. The van der Waals surface area contributed by atoms with Gasteiger partial charge in [-0.25, -0.2) is 4.79 Å². The fourth-order valence-corrected chi connectivity index (χ4v) is 3.98. The largest absolute Gasteiger partial charge is 0.455 e. The summed E-state index contributed by atoms with van der Waals surface area (Å²) in [6.07, 6.45) is 6.25. The molecule has 5 nitrogen and oxygen atoms in total. The molecule has 0 aliphatic carbocycles. The SMILES string of the molecule is CC(C)(CCl)OC(=O)/C=C/c1cc(CSC2C=CN=NC2=O)c(C(C)(C)C)cc1Cl. The Morgan fingerprint density at radius 3 is 2.57 bits per heavy atom. The van der Waals surface area contributed by atoms with Gasteiger partial charge in [-0.15, -0.1) is 28.5 Å². The molecule has 8 heteroatoms. The third-order valence-electron chi connectivity index (χ3n) is 4.27. The van der Waals surface area contributed by atoms with Gasteiger partial charge < -0.3 is 4.74 Å². The van der Waals surface area contributed by atoms with Crippen molar-refractivity contribution < 1.29 is 14.3 Å². The monoisotopic (exact) mass is 468 g/mol. The van der Waals surface area contributed by atoms with E-state index in [0.29, 0.717) is 16.3 Å². The number of carbonyl (C=O) groups is 2. The van der Waals surface area contributed by atoms with Crippen molar-refractivity contribution in [1.29, 1.82) is 0 Å². The standard InChI is InChI=1S/C22H26Cl2N2O3S/c1-21(2,3)16-11-17(24)14(6-7-19(27)29-22(4,5)13-23)10-15(16)12-30-18-8-9-25-26-20(18)28/h6-11,18H,12-13H2,1-5H3/b7-6+. The average Bonchev–Trinajstić information content (AvgIpc) is 2.65. The van der Waals surface area contributed by atoms with Gasteiger partial charge in [-0.05, 0) is 60.2 Å². The summed E-state index contributed by atoms with van der Waals surface area (Å²) in [6, 6.07) is 3.87. The molecule has 0 saturated heterocycles. The van der Waals surface area contributed by atoms with Crippen LogP contribution in [-0.2, 0) is 25.5 Å². The lowest BCUT2D eigenvalue weighted by atomic mass is 9.83. The van der Waals surface area contributed by atoms with Crippen LogP contribution in [0.25, 0.3) is 6.08 Å². The molecule has 1 aromatic rings. The van der Waals surface area contributed by atoms with Crippen LogP contribution in [0.1, 0.15) is 51.3 Å². The van der Waals surface area contributed by atoms with Gasteiger partial charge in [0.05, 0.1) is 5.88 Å². The highest BCUT2D eigenvalue weighted by molar-refractivity contribution is 8.00. The number of carbonyl (C=O) groups excluding carboxylic acids is 2.